The van der Waals surface area contributed by atoms with E-state index in [1.807, 2.05) is 27.7 Å². The Balaban J connectivity index is 0.000000290. The Kier molecular flexibility index (Phi) is 18.4. The van der Waals surface area contributed by atoms with E-state index >= 15 is 0 Å². The van der Waals surface area contributed by atoms with Gasteiger partial charge >= 0.3 is 23.9 Å². The lowest BCUT2D eigenvalue weighted by atomic mass is 10.0. The maximum Gasteiger partial charge on any atom is 0.307 e. The third-order valence-electron chi connectivity index (χ3n) is 8.86. The minimum absolute atomic E-state index is 0.0734. The molecule has 0 radical (unpaired) electrons. The van der Waals surface area contributed by atoms with Crippen molar-refractivity contribution in [3.8, 4) is 0 Å². The lowest BCUT2D eigenvalue weighted by Gasteiger charge is -2.30. The number of carbonyl (C=O) groups excluding carboxylic acids is 4. The van der Waals surface area contributed by atoms with Gasteiger partial charge in [0, 0.05) is 39.4 Å². The van der Waals surface area contributed by atoms with Gasteiger partial charge in [-0.1, -0.05) is 0 Å². The largest absolute Gasteiger partial charge is 0.466 e. The predicted molar refractivity (Wildman–Crippen MR) is 188 cm³/mol. The third kappa shape index (κ3) is 13.3. The number of ether oxygens (including phenoxy) is 12. The number of carbonyl (C=O) groups is 4. The Morgan fingerprint density at radius 1 is 0.556 bits per heavy atom. The number of rotatable bonds is 20. The molecular weight excluding hydrogens is 716 g/mol. The van der Waals surface area contributed by atoms with Gasteiger partial charge in [-0.3, -0.25) is 19.2 Å². The SMILES string of the molecule is CCOC(=O)CCN[C@@H](CC(=O)OCC)[C@H]1O[C@@H]2OC(C)(C)O[C@@H]2[C@H]1OC.CCOC(=O)CCN[C@H](CC(=O)OCC)[C@H]1O[C@@H]2OC(C)(C)O[C@@H]2[C@H]1OC. The van der Waals surface area contributed by atoms with Crippen molar-refractivity contribution in [2.45, 2.75) is 154 Å². The van der Waals surface area contributed by atoms with E-state index in [9.17, 15) is 19.2 Å². The highest BCUT2D eigenvalue weighted by atomic mass is 16.9. The maximum atomic E-state index is 12.0. The zero-order valence-electron chi connectivity index (χ0n) is 33.4. The minimum Gasteiger partial charge on any atom is -0.466 e. The Hall–Kier alpha value is -2.52. The van der Waals surface area contributed by atoms with Crippen LogP contribution in [0.4, 0.5) is 0 Å². The zero-order chi connectivity index (χ0) is 40.1. The monoisotopic (exact) mass is 778 g/mol. The van der Waals surface area contributed by atoms with Gasteiger partial charge in [-0.05, 0) is 55.4 Å². The third-order valence-corrected chi connectivity index (χ3v) is 8.86. The van der Waals surface area contributed by atoms with Gasteiger partial charge in [0.15, 0.2) is 24.2 Å². The molecule has 4 fully saturated rings. The molecule has 4 aliphatic rings. The molecule has 312 valence electrons. The molecule has 2 N–H and O–H groups in total. The Bertz CT molecular complexity index is 1110. The van der Waals surface area contributed by atoms with E-state index in [2.05, 4.69) is 10.6 Å². The van der Waals surface area contributed by atoms with Crippen molar-refractivity contribution in [2.24, 2.45) is 0 Å². The van der Waals surface area contributed by atoms with Crippen LogP contribution < -0.4 is 10.6 Å². The first-order chi connectivity index (χ1) is 25.6. The highest BCUT2D eigenvalue weighted by molar-refractivity contribution is 5.71. The first-order valence-corrected chi connectivity index (χ1v) is 18.8. The van der Waals surface area contributed by atoms with Gasteiger partial charge in [0.25, 0.3) is 0 Å². The number of hydrogen-bond donors (Lipinski definition) is 2. The maximum absolute atomic E-state index is 12.0. The van der Waals surface area contributed by atoms with Crippen LogP contribution in [0.15, 0.2) is 0 Å². The fraction of sp³-hybridized carbons (Fsp3) is 0.889. The van der Waals surface area contributed by atoms with Crippen LogP contribution >= 0.6 is 0 Å². The topological polar surface area (TPSA) is 203 Å². The summed E-state index contributed by atoms with van der Waals surface area (Å²) >= 11 is 0. The lowest BCUT2D eigenvalue weighted by Crippen LogP contribution is -2.50. The molecule has 0 unspecified atom stereocenters. The van der Waals surface area contributed by atoms with Crippen LogP contribution in [0.5, 0.6) is 0 Å². The van der Waals surface area contributed by atoms with Gasteiger partial charge in [0.1, 0.15) is 36.6 Å². The Morgan fingerprint density at radius 2 is 0.889 bits per heavy atom. The summed E-state index contributed by atoms with van der Waals surface area (Å²) in [6, 6.07) is -0.853. The number of fused-ring (bicyclic) bond motifs is 2. The van der Waals surface area contributed by atoms with Gasteiger partial charge in [0.05, 0.1) is 52.1 Å². The number of methoxy groups -OCH3 is 2. The average molecular weight is 779 g/mol. The number of nitrogens with one attached hydrogen (secondary N) is 2. The number of esters is 4. The molecule has 0 amide bonds. The standard InChI is InChI=1S/2C18H31NO8/c2*1-6-23-12(20)8-9-19-11(10-13(21)24-7-2)14-15(22-5)16-17(25-14)27-18(3,4)26-16/h2*11,14-17,19H,6-10H2,1-5H3/t11-,14+,15-,16+,17+;11-,14-,15+,16-,17-/m01/s1. The van der Waals surface area contributed by atoms with Crippen LogP contribution in [0.3, 0.4) is 0 Å². The summed E-state index contributed by atoms with van der Waals surface area (Å²) in [5.74, 6) is -2.84. The summed E-state index contributed by atoms with van der Waals surface area (Å²) in [7, 11) is 3.14. The molecule has 0 aromatic carbocycles. The smallest absolute Gasteiger partial charge is 0.307 e. The van der Waals surface area contributed by atoms with Crippen molar-refractivity contribution >= 4 is 23.9 Å². The first kappa shape index (κ1) is 45.9. The van der Waals surface area contributed by atoms with Crippen LogP contribution in [0.1, 0.15) is 81.1 Å². The molecule has 10 atom stereocenters. The molecule has 54 heavy (non-hydrogen) atoms. The van der Waals surface area contributed by atoms with Crippen LogP contribution in [0.2, 0.25) is 0 Å². The van der Waals surface area contributed by atoms with Crippen molar-refractivity contribution in [1.82, 2.24) is 10.6 Å². The molecule has 4 rings (SSSR count). The molecule has 0 saturated carbocycles. The molecule has 0 aromatic heterocycles. The summed E-state index contributed by atoms with van der Waals surface area (Å²) in [6.45, 7) is 16.2. The van der Waals surface area contributed by atoms with Crippen molar-refractivity contribution in [3.63, 3.8) is 0 Å². The van der Waals surface area contributed by atoms with E-state index in [1.54, 1.807) is 41.9 Å². The molecule has 4 saturated heterocycles. The molecular formula is C36H62N2O16. The summed E-state index contributed by atoms with van der Waals surface area (Å²) in [4.78, 5) is 47.2. The van der Waals surface area contributed by atoms with Crippen LogP contribution in [-0.2, 0) is 76.0 Å². The quantitative estimate of drug-likeness (QED) is 0.133. The molecule has 0 bridgehead atoms. The van der Waals surface area contributed by atoms with Crippen molar-refractivity contribution in [1.29, 1.82) is 0 Å². The zero-order valence-corrected chi connectivity index (χ0v) is 33.4. The summed E-state index contributed by atoms with van der Waals surface area (Å²) in [5, 5.41) is 6.39. The van der Waals surface area contributed by atoms with Crippen molar-refractivity contribution in [2.75, 3.05) is 53.7 Å². The minimum atomic E-state index is -0.759. The highest BCUT2D eigenvalue weighted by Crippen LogP contribution is 2.41. The second-order valence-electron chi connectivity index (χ2n) is 13.8. The molecule has 4 heterocycles. The van der Waals surface area contributed by atoms with Gasteiger partial charge < -0.3 is 67.5 Å². The molecule has 18 nitrogen and oxygen atoms in total. The molecule has 18 heteroatoms. The molecule has 4 aliphatic heterocycles. The fourth-order valence-corrected chi connectivity index (χ4v) is 6.79. The highest BCUT2D eigenvalue weighted by Gasteiger charge is 2.58. The van der Waals surface area contributed by atoms with Crippen molar-refractivity contribution in [3.05, 3.63) is 0 Å². The van der Waals surface area contributed by atoms with E-state index in [-0.39, 0.29) is 49.6 Å². The first-order valence-electron chi connectivity index (χ1n) is 18.8. The van der Waals surface area contributed by atoms with E-state index < -0.39 is 72.9 Å². The lowest BCUT2D eigenvalue weighted by molar-refractivity contribution is -0.220. The van der Waals surface area contributed by atoms with Gasteiger partial charge in [-0.25, -0.2) is 0 Å². The van der Waals surface area contributed by atoms with Gasteiger partial charge in [0.2, 0.25) is 0 Å². The predicted octanol–water partition coefficient (Wildman–Crippen LogP) is 1.48. The van der Waals surface area contributed by atoms with E-state index in [1.165, 1.54) is 0 Å². The van der Waals surface area contributed by atoms with E-state index in [4.69, 9.17) is 56.8 Å². The second kappa shape index (κ2) is 21.7. The van der Waals surface area contributed by atoms with E-state index in [0.29, 0.717) is 39.5 Å². The van der Waals surface area contributed by atoms with Crippen LogP contribution in [-0.4, -0.2) is 150 Å². The summed E-state index contributed by atoms with van der Waals surface area (Å²) in [6.07, 6.45) is -3.27. The molecule has 0 aromatic rings. The fourth-order valence-electron chi connectivity index (χ4n) is 6.79. The second-order valence-corrected chi connectivity index (χ2v) is 13.8. The summed E-state index contributed by atoms with van der Waals surface area (Å²) < 4.78 is 66.5. The van der Waals surface area contributed by atoms with Crippen molar-refractivity contribution < 1.29 is 76.0 Å². The summed E-state index contributed by atoms with van der Waals surface area (Å²) in [5.41, 5.74) is 0. The molecule has 0 aliphatic carbocycles. The van der Waals surface area contributed by atoms with Crippen LogP contribution in [0.25, 0.3) is 0 Å². The Morgan fingerprint density at radius 3 is 1.20 bits per heavy atom. The van der Waals surface area contributed by atoms with Gasteiger partial charge in [-0.2, -0.15) is 0 Å². The average Bonchev–Trinajstić information content (AvgIpc) is 3.78. The normalized spacial score (nSPS) is 30.0. The van der Waals surface area contributed by atoms with Crippen LogP contribution in [0, 0.1) is 0 Å². The van der Waals surface area contributed by atoms with Gasteiger partial charge in [-0.15, -0.1) is 0 Å². The Labute approximate surface area is 318 Å². The number of hydrogen-bond acceptors (Lipinski definition) is 18. The molecule has 0 spiro atoms. The van der Waals surface area contributed by atoms with E-state index in [0.717, 1.165) is 0 Å².